The first-order chi connectivity index (χ1) is 6.59. The maximum Gasteiger partial charge on any atom is 0.338 e. The Labute approximate surface area is 91.4 Å². The quantitative estimate of drug-likeness (QED) is 0.863. The van der Waals surface area contributed by atoms with Gasteiger partial charge in [0.05, 0.1) is 5.56 Å². The smallest absolute Gasteiger partial charge is 0.338 e. The lowest BCUT2D eigenvalue weighted by atomic mass is 10.3. The van der Waals surface area contributed by atoms with Gasteiger partial charge in [-0.25, -0.2) is 14.3 Å². The molecular formula is C7H3BrClN3O2. The van der Waals surface area contributed by atoms with Gasteiger partial charge in [-0.1, -0.05) is 11.6 Å². The first-order valence-electron chi connectivity index (χ1n) is 3.52. The fraction of sp³-hybridized carbons (Fsp3) is 0. The van der Waals surface area contributed by atoms with Gasteiger partial charge in [-0.15, -0.1) is 0 Å². The highest BCUT2D eigenvalue weighted by atomic mass is 79.9. The molecule has 14 heavy (non-hydrogen) atoms. The summed E-state index contributed by atoms with van der Waals surface area (Å²) in [6.45, 7) is 0. The number of aromatic carboxylic acids is 1. The Morgan fingerprint density at radius 3 is 3.00 bits per heavy atom. The molecule has 0 aliphatic carbocycles. The van der Waals surface area contributed by atoms with Crippen molar-refractivity contribution < 1.29 is 9.90 Å². The number of carboxylic acids is 1. The minimum Gasteiger partial charge on any atom is -0.478 e. The van der Waals surface area contributed by atoms with Gasteiger partial charge in [0, 0.05) is 12.4 Å². The van der Waals surface area contributed by atoms with E-state index in [1.807, 2.05) is 0 Å². The van der Waals surface area contributed by atoms with Crippen LogP contribution in [0.5, 0.6) is 0 Å². The molecule has 0 amide bonds. The summed E-state index contributed by atoms with van der Waals surface area (Å²) in [5.41, 5.74) is 0.546. The molecule has 2 aromatic heterocycles. The number of carboxylic acid groups (broad SMARTS) is 1. The normalized spacial score (nSPS) is 10.7. The van der Waals surface area contributed by atoms with Crippen molar-refractivity contribution in [3.8, 4) is 0 Å². The molecule has 0 spiro atoms. The second-order valence-corrected chi connectivity index (χ2v) is 3.67. The van der Waals surface area contributed by atoms with Gasteiger partial charge < -0.3 is 5.11 Å². The van der Waals surface area contributed by atoms with Crippen LogP contribution in [0.15, 0.2) is 16.9 Å². The molecule has 1 N–H and O–H groups in total. The molecule has 5 nitrogen and oxygen atoms in total. The maximum absolute atomic E-state index is 10.6. The third-order valence-electron chi connectivity index (χ3n) is 1.62. The highest BCUT2D eigenvalue weighted by molar-refractivity contribution is 9.10. The second-order valence-electron chi connectivity index (χ2n) is 2.52. The van der Waals surface area contributed by atoms with Crippen LogP contribution in [-0.2, 0) is 0 Å². The zero-order chi connectivity index (χ0) is 10.3. The number of hydrogen-bond donors (Lipinski definition) is 1. The summed E-state index contributed by atoms with van der Waals surface area (Å²) in [7, 11) is 0. The fourth-order valence-corrected chi connectivity index (χ4v) is 1.52. The van der Waals surface area contributed by atoms with Crippen molar-refractivity contribution in [1.82, 2.24) is 14.6 Å². The van der Waals surface area contributed by atoms with Crippen LogP contribution in [0.1, 0.15) is 10.4 Å². The summed E-state index contributed by atoms with van der Waals surface area (Å²) in [5, 5.41) is 12.8. The molecule has 2 aromatic rings. The molecule has 0 radical (unpaired) electrons. The van der Waals surface area contributed by atoms with Crippen molar-refractivity contribution in [2.45, 2.75) is 0 Å². The second kappa shape index (κ2) is 3.21. The molecule has 72 valence electrons. The number of halogens is 2. The summed E-state index contributed by atoms with van der Waals surface area (Å²) in [6, 6.07) is 0. The van der Waals surface area contributed by atoms with Crippen LogP contribution in [-0.4, -0.2) is 25.7 Å². The van der Waals surface area contributed by atoms with Gasteiger partial charge in [0.15, 0.2) is 10.8 Å². The van der Waals surface area contributed by atoms with E-state index in [1.165, 1.54) is 16.9 Å². The Morgan fingerprint density at radius 2 is 2.36 bits per heavy atom. The lowest BCUT2D eigenvalue weighted by Crippen LogP contribution is -2.01. The average Bonchev–Trinajstić information content (AvgIpc) is 2.42. The largest absolute Gasteiger partial charge is 0.478 e. The minimum absolute atomic E-state index is 0.0594. The Balaban J connectivity index is 2.73. The molecule has 2 heterocycles. The number of fused-ring (bicyclic) bond motifs is 1. The molecule has 0 saturated heterocycles. The van der Waals surface area contributed by atoms with Crippen molar-refractivity contribution in [2.75, 3.05) is 0 Å². The zero-order valence-corrected chi connectivity index (χ0v) is 8.95. The van der Waals surface area contributed by atoms with Crippen LogP contribution in [0, 0.1) is 0 Å². The third-order valence-corrected chi connectivity index (χ3v) is 2.85. The standard InChI is InChI=1S/C7H3BrClN3O2/c8-4-5(9)11-12-2-3(7(13)14)1-10-6(4)12/h1-2H,(H,13,14). The summed E-state index contributed by atoms with van der Waals surface area (Å²) in [4.78, 5) is 14.5. The van der Waals surface area contributed by atoms with E-state index in [4.69, 9.17) is 16.7 Å². The van der Waals surface area contributed by atoms with Crippen molar-refractivity contribution in [2.24, 2.45) is 0 Å². The summed E-state index contributed by atoms with van der Waals surface area (Å²) in [5.74, 6) is -1.05. The van der Waals surface area contributed by atoms with Crippen molar-refractivity contribution in [3.05, 3.63) is 27.6 Å². The minimum atomic E-state index is -1.05. The molecular weight excluding hydrogens is 273 g/mol. The van der Waals surface area contributed by atoms with Crippen molar-refractivity contribution >= 4 is 39.1 Å². The van der Waals surface area contributed by atoms with Gasteiger partial charge in [-0.2, -0.15) is 5.10 Å². The Kier molecular flexibility index (Phi) is 2.16. The lowest BCUT2D eigenvalue weighted by Gasteiger charge is -1.94. The van der Waals surface area contributed by atoms with E-state index in [0.29, 0.717) is 10.1 Å². The number of carbonyl (C=O) groups is 1. The molecule has 7 heteroatoms. The summed E-state index contributed by atoms with van der Waals surface area (Å²) >= 11 is 8.90. The van der Waals surface area contributed by atoms with Gasteiger partial charge in [-0.05, 0) is 15.9 Å². The van der Waals surface area contributed by atoms with Crippen LogP contribution in [0.25, 0.3) is 5.65 Å². The Hall–Kier alpha value is -1.14. The van der Waals surface area contributed by atoms with Crippen LogP contribution < -0.4 is 0 Å². The lowest BCUT2D eigenvalue weighted by molar-refractivity contribution is 0.0695. The van der Waals surface area contributed by atoms with Crippen molar-refractivity contribution in [3.63, 3.8) is 0 Å². The number of hydrogen-bond acceptors (Lipinski definition) is 3. The third kappa shape index (κ3) is 1.36. The number of nitrogens with zero attached hydrogens (tertiary/aromatic N) is 3. The van der Waals surface area contributed by atoms with Gasteiger partial charge >= 0.3 is 5.97 Å². The zero-order valence-electron chi connectivity index (χ0n) is 6.61. The maximum atomic E-state index is 10.6. The predicted octanol–water partition coefficient (Wildman–Crippen LogP) is 1.84. The molecule has 0 aliphatic heterocycles. The van der Waals surface area contributed by atoms with E-state index in [2.05, 4.69) is 26.0 Å². The Morgan fingerprint density at radius 1 is 1.64 bits per heavy atom. The van der Waals surface area contributed by atoms with Gasteiger partial charge in [0.1, 0.15) is 4.47 Å². The highest BCUT2D eigenvalue weighted by Crippen LogP contribution is 2.24. The molecule has 0 aliphatic rings. The Bertz CT molecular complexity index is 525. The summed E-state index contributed by atoms with van der Waals surface area (Å²) < 4.78 is 1.87. The van der Waals surface area contributed by atoms with Crippen LogP contribution in [0.3, 0.4) is 0 Å². The van der Waals surface area contributed by atoms with Gasteiger partial charge in [0.25, 0.3) is 0 Å². The average molecular weight is 276 g/mol. The predicted molar refractivity (Wildman–Crippen MR) is 52.7 cm³/mol. The topological polar surface area (TPSA) is 67.5 Å². The van der Waals surface area contributed by atoms with Gasteiger partial charge in [0.2, 0.25) is 0 Å². The molecule has 0 aromatic carbocycles. The first kappa shape index (κ1) is 9.42. The molecule has 0 saturated carbocycles. The van der Waals surface area contributed by atoms with Crippen LogP contribution in [0.4, 0.5) is 0 Å². The summed E-state index contributed by atoms with van der Waals surface area (Å²) in [6.07, 6.45) is 2.60. The first-order valence-corrected chi connectivity index (χ1v) is 4.69. The molecule has 2 rings (SSSR count). The van der Waals surface area contributed by atoms with Crippen molar-refractivity contribution in [1.29, 1.82) is 0 Å². The SMILES string of the molecule is O=C(O)c1cnc2c(Br)c(Cl)nn2c1. The molecule has 0 unspecified atom stereocenters. The van der Waals surface area contributed by atoms with E-state index >= 15 is 0 Å². The molecule has 0 atom stereocenters. The van der Waals surface area contributed by atoms with E-state index in [-0.39, 0.29) is 10.7 Å². The van der Waals surface area contributed by atoms with E-state index in [0.717, 1.165) is 0 Å². The monoisotopic (exact) mass is 275 g/mol. The van der Waals surface area contributed by atoms with Crippen LogP contribution >= 0.6 is 27.5 Å². The number of rotatable bonds is 1. The van der Waals surface area contributed by atoms with E-state index in [1.54, 1.807) is 0 Å². The van der Waals surface area contributed by atoms with Gasteiger partial charge in [-0.3, -0.25) is 0 Å². The fourth-order valence-electron chi connectivity index (χ4n) is 0.991. The highest BCUT2D eigenvalue weighted by Gasteiger charge is 2.11. The van der Waals surface area contributed by atoms with E-state index in [9.17, 15) is 4.79 Å². The molecule has 0 fully saturated rings. The number of aromatic nitrogens is 3. The van der Waals surface area contributed by atoms with E-state index < -0.39 is 5.97 Å². The van der Waals surface area contributed by atoms with Crippen LogP contribution in [0.2, 0.25) is 5.15 Å². The molecule has 0 bridgehead atoms.